The third kappa shape index (κ3) is 6.02. The van der Waals surface area contributed by atoms with Crippen molar-refractivity contribution in [2.45, 2.75) is 12.8 Å². The minimum atomic E-state index is -4.73. The highest BCUT2D eigenvalue weighted by Gasteiger charge is 2.34. The van der Waals surface area contributed by atoms with Crippen molar-refractivity contribution < 1.29 is 36.7 Å². The number of nitrogens with one attached hydrogen (secondary N) is 1. The Bertz CT molecular complexity index is 1070. The fourth-order valence-corrected chi connectivity index (χ4v) is 2.72. The number of benzene rings is 2. The molecule has 3 rings (SSSR count). The molecule has 0 aliphatic rings. The molecule has 2 aromatic carbocycles. The van der Waals surface area contributed by atoms with Crippen LogP contribution in [0.5, 0.6) is 5.75 Å². The van der Waals surface area contributed by atoms with Crippen LogP contribution < -0.4 is 10.1 Å². The van der Waals surface area contributed by atoms with Gasteiger partial charge in [-0.05, 0) is 36.4 Å². The van der Waals surface area contributed by atoms with E-state index >= 15 is 0 Å². The fourth-order valence-electron chi connectivity index (χ4n) is 2.50. The highest BCUT2D eigenvalue weighted by Crippen LogP contribution is 2.38. The Morgan fingerprint density at radius 3 is 2.45 bits per heavy atom. The van der Waals surface area contributed by atoms with E-state index in [9.17, 15) is 22.8 Å². The smallest absolute Gasteiger partial charge is 0.418 e. The first-order valence-electron chi connectivity index (χ1n) is 8.83. The molecular weight excluding hydrogens is 439 g/mol. The molecule has 1 heterocycles. The van der Waals surface area contributed by atoms with Crippen LogP contribution in [0.3, 0.4) is 0 Å². The van der Waals surface area contributed by atoms with Crippen LogP contribution in [0.1, 0.15) is 21.9 Å². The minimum Gasteiger partial charge on any atom is -0.486 e. The number of carbonyl (C=O) groups is 2. The molecule has 6 nitrogen and oxygen atoms in total. The Morgan fingerprint density at radius 1 is 1.00 bits per heavy atom. The summed E-state index contributed by atoms with van der Waals surface area (Å²) in [7, 11) is 0. The van der Waals surface area contributed by atoms with Gasteiger partial charge in [-0.3, -0.25) is 4.79 Å². The normalized spacial score (nSPS) is 11.1. The summed E-state index contributed by atoms with van der Waals surface area (Å²) in [6.45, 7) is -0.775. The molecule has 1 N–H and O–H groups in total. The van der Waals surface area contributed by atoms with Crippen molar-refractivity contribution in [3.8, 4) is 5.75 Å². The summed E-state index contributed by atoms with van der Waals surface area (Å²) in [4.78, 5) is 24.0. The molecule has 10 heteroatoms. The Kier molecular flexibility index (Phi) is 6.86. The fraction of sp³-hybridized carbons (Fsp3) is 0.143. The molecule has 0 saturated carbocycles. The maximum Gasteiger partial charge on any atom is 0.418 e. The van der Waals surface area contributed by atoms with Crippen LogP contribution in [0.2, 0.25) is 5.02 Å². The number of rotatable bonds is 7. The van der Waals surface area contributed by atoms with Gasteiger partial charge in [-0.2, -0.15) is 13.2 Å². The van der Waals surface area contributed by atoms with E-state index in [-0.39, 0.29) is 17.4 Å². The van der Waals surface area contributed by atoms with Crippen LogP contribution in [0.15, 0.2) is 65.1 Å². The van der Waals surface area contributed by atoms with Gasteiger partial charge >= 0.3 is 12.1 Å². The van der Waals surface area contributed by atoms with E-state index in [1.807, 2.05) is 11.4 Å². The molecule has 31 heavy (non-hydrogen) atoms. The predicted octanol–water partition coefficient (Wildman–Crippen LogP) is 5.33. The number of hydrogen-bond acceptors (Lipinski definition) is 5. The molecule has 1 aromatic heterocycles. The van der Waals surface area contributed by atoms with Crippen molar-refractivity contribution in [3.63, 3.8) is 0 Å². The van der Waals surface area contributed by atoms with Gasteiger partial charge in [0.2, 0.25) is 5.76 Å². The molecule has 1 amide bonds. The number of para-hydroxylation sites is 2. The van der Waals surface area contributed by atoms with Crippen LogP contribution in [-0.2, 0) is 22.3 Å². The summed E-state index contributed by atoms with van der Waals surface area (Å²) in [6.07, 6.45) is -4.73. The maximum absolute atomic E-state index is 13.1. The van der Waals surface area contributed by atoms with Crippen molar-refractivity contribution in [1.82, 2.24) is 0 Å². The van der Waals surface area contributed by atoms with Crippen molar-refractivity contribution in [2.24, 2.45) is 0 Å². The van der Waals surface area contributed by atoms with Gasteiger partial charge in [0.05, 0.1) is 16.3 Å². The van der Waals surface area contributed by atoms with E-state index in [4.69, 9.17) is 25.5 Å². The van der Waals surface area contributed by atoms with E-state index in [0.717, 1.165) is 12.1 Å². The lowest BCUT2D eigenvalue weighted by Crippen LogP contribution is -2.23. The Labute approximate surface area is 179 Å². The van der Waals surface area contributed by atoms with Gasteiger partial charge in [0.1, 0.15) is 18.1 Å². The molecule has 0 aliphatic heterocycles. The Morgan fingerprint density at radius 2 is 1.74 bits per heavy atom. The van der Waals surface area contributed by atoms with Crippen LogP contribution in [-0.4, -0.2) is 18.5 Å². The molecule has 0 atom stereocenters. The van der Waals surface area contributed by atoms with Gasteiger partial charge in [0, 0.05) is 0 Å². The van der Waals surface area contributed by atoms with Crippen LogP contribution in [0.4, 0.5) is 18.9 Å². The zero-order valence-electron chi connectivity index (χ0n) is 15.7. The van der Waals surface area contributed by atoms with E-state index < -0.39 is 35.9 Å². The molecule has 0 aliphatic carbocycles. The quantitative estimate of drug-likeness (QED) is 0.489. The second kappa shape index (κ2) is 9.57. The highest BCUT2D eigenvalue weighted by atomic mass is 35.5. The number of alkyl halides is 3. The lowest BCUT2D eigenvalue weighted by atomic mass is 10.1. The van der Waals surface area contributed by atoms with Gasteiger partial charge in [-0.25, -0.2) is 4.79 Å². The molecule has 0 spiro atoms. The second-order valence-electron chi connectivity index (χ2n) is 6.15. The second-order valence-corrected chi connectivity index (χ2v) is 6.56. The summed E-state index contributed by atoms with van der Waals surface area (Å²) in [6, 6.07) is 14.8. The zero-order valence-corrected chi connectivity index (χ0v) is 16.5. The number of halogens is 4. The molecule has 3 aromatic rings. The number of amides is 1. The number of ether oxygens (including phenoxy) is 2. The zero-order chi connectivity index (χ0) is 22.4. The molecule has 162 valence electrons. The minimum absolute atomic E-state index is 0.0600. The topological polar surface area (TPSA) is 77.8 Å². The third-order valence-corrected chi connectivity index (χ3v) is 4.22. The van der Waals surface area contributed by atoms with Gasteiger partial charge < -0.3 is 19.2 Å². The molecule has 0 unspecified atom stereocenters. The van der Waals surface area contributed by atoms with Crippen LogP contribution in [0, 0.1) is 0 Å². The Balaban J connectivity index is 1.55. The van der Waals surface area contributed by atoms with Gasteiger partial charge in [0.15, 0.2) is 6.61 Å². The number of furan rings is 1. The summed E-state index contributed by atoms with van der Waals surface area (Å²) in [5.74, 6) is -1.20. The van der Waals surface area contributed by atoms with Gasteiger partial charge in [-0.15, -0.1) is 0 Å². The van der Waals surface area contributed by atoms with E-state index in [2.05, 4.69) is 0 Å². The largest absolute Gasteiger partial charge is 0.486 e. The summed E-state index contributed by atoms with van der Waals surface area (Å²) in [5, 5.41) is 1.71. The van der Waals surface area contributed by atoms with Crippen molar-refractivity contribution >= 4 is 29.2 Å². The molecule has 0 saturated heterocycles. The van der Waals surface area contributed by atoms with Crippen LogP contribution in [0.25, 0.3) is 0 Å². The number of anilines is 1. The summed E-state index contributed by atoms with van der Waals surface area (Å²) >= 11 is 5.77. The number of hydrogen-bond donors (Lipinski definition) is 1. The first-order chi connectivity index (χ1) is 14.7. The summed E-state index contributed by atoms with van der Waals surface area (Å²) in [5.41, 5.74) is -1.73. The van der Waals surface area contributed by atoms with Gasteiger partial charge in [-0.1, -0.05) is 35.9 Å². The van der Waals surface area contributed by atoms with Crippen molar-refractivity contribution in [2.75, 3.05) is 11.9 Å². The third-order valence-electron chi connectivity index (χ3n) is 3.90. The SMILES string of the molecule is O=C(COC(=O)c1ccc(COc2ccccc2)o1)Nc1c(Cl)cccc1C(F)(F)F. The lowest BCUT2D eigenvalue weighted by molar-refractivity contribution is -0.137. The number of esters is 1. The summed E-state index contributed by atoms with van der Waals surface area (Å²) < 4.78 is 54.8. The van der Waals surface area contributed by atoms with E-state index in [0.29, 0.717) is 11.5 Å². The molecule has 0 fully saturated rings. The maximum atomic E-state index is 13.1. The van der Waals surface area contributed by atoms with Crippen LogP contribution >= 0.6 is 11.6 Å². The van der Waals surface area contributed by atoms with Crippen molar-refractivity contribution in [1.29, 1.82) is 0 Å². The highest BCUT2D eigenvalue weighted by molar-refractivity contribution is 6.34. The first-order valence-corrected chi connectivity index (χ1v) is 9.21. The Hall–Kier alpha value is -3.46. The molecule has 0 bridgehead atoms. The average molecular weight is 454 g/mol. The monoisotopic (exact) mass is 453 g/mol. The van der Waals surface area contributed by atoms with E-state index in [1.54, 1.807) is 24.3 Å². The van der Waals surface area contributed by atoms with Gasteiger partial charge in [0.25, 0.3) is 5.91 Å². The first kappa shape index (κ1) is 22.2. The van der Waals surface area contributed by atoms with Crippen molar-refractivity contribution in [3.05, 3.63) is 82.8 Å². The standard InChI is InChI=1S/C21H15ClF3NO5/c22-16-8-4-7-15(21(23,24)25)19(16)26-18(27)12-30-20(28)17-10-9-14(31-17)11-29-13-5-2-1-3-6-13/h1-10H,11-12H2,(H,26,27). The lowest BCUT2D eigenvalue weighted by Gasteiger charge is -2.15. The number of carbonyl (C=O) groups excluding carboxylic acids is 2. The average Bonchev–Trinajstić information content (AvgIpc) is 3.21. The predicted molar refractivity (Wildman–Crippen MR) is 105 cm³/mol. The molecule has 0 radical (unpaired) electrons. The van der Waals surface area contributed by atoms with E-state index in [1.165, 1.54) is 18.2 Å². The molecular formula is C21H15ClF3NO5.